The predicted octanol–water partition coefficient (Wildman–Crippen LogP) is 4.90. The molecule has 0 aromatic heterocycles. The smallest absolute Gasteiger partial charge is 0.344 e. The van der Waals surface area contributed by atoms with E-state index in [4.69, 9.17) is 17.0 Å². The number of para-hydroxylation sites is 2. The molecule has 8 heteroatoms. The first-order chi connectivity index (χ1) is 17.2. The fourth-order valence-corrected chi connectivity index (χ4v) is 4.11. The van der Waals surface area contributed by atoms with Gasteiger partial charge in [-0.25, -0.2) is 4.79 Å². The minimum Gasteiger partial charge on any atom is -0.479 e. The second-order valence-electron chi connectivity index (χ2n) is 8.36. The van der Waals surface area contributed by atoms with Gasteiger partial charge in [-0.15, -0.1) is 0 Å². The van der Waals surface area contributed by atoms with Gasteiger partial charge in [0.25, 0.3) is 11.8 Å². The van der Waals surface area contributed by atoms with Crippen molar-refractivity contribution >= 4 is 52.6 Å². The van der Waals surface area contributed by atoms with E-state index >= 15 is 0 Å². The lowest BCUT2D eigenvalue weighted by atomic mass is 10.0. The predicted molar refractivity (Wildman–Crippen MR) is 142 cm³/mol. The summed E-state index contributed by atoms with van der Waals surface area (Å²) >= 11 is 5.66. The van der Waals surface area contributed by atoms with Gasteiger partial charge < -0.3 is 9.84 Å². The lowest BCUT2D eigenvalue weighted by Gasteiger charge is -2.36. The molecule has 0 spiro atoms. The summed E-state index contributed by atoms with van der Waals surface area (Å²) in [6, 6.07) is 21.0. The van der Waals surface area contributed by atoms with E-state index in [0.29, 0.717) is 16.9 Å². The van der Waals surface area contributed by atoms with Gasteiger partial charge in [0, 0.05) is 5.56 Å². The maximum Gasteiger partial charge on any atom is 0.344 e. The van der Waals surface area contributed by atoms with Crippen molar-refractivity contribution < 1.29 is 24.2 Å². The van der Waals surface area contributed by atoms with Gasteiger partial charge in [-0.1, -0.05) is 42.5 Å². The van der Waals surface area contributed by atoms with Gasteiger partial charge in [0.1, 0.15) is 11.3 Å². The van der Waals surface area contributed by atoms with E-state index in [1.54, 1.807) is 54.6 Å². The molecule has 0 saturated carbocycles. The Morgan fingerprint density at radius 2 is 1.50 bits per heavy atom. The van der Waals surface area contributed by atoms with Crippen molar-refractivity contribution in [3.63, 3.8) is 0 Å². The van der Waals surface area contributed by atoms with Crippen molar-refractivity contribution in [2.24, 2.45) is 0 Å². The quantitative estimate of drug-likeness (QED) is 0.294. The summed E-state index contributed by atoms with van der Waals surface area (Å²) in [4.78, 5) is 41.4. The molecule has 182 valence electrons. The zero-order valence-electron chi connectivity index (χ0n) is 20.0. The van der Waals surface area contributed by atoms with Crippen LogP contribution in [0.2, 0.25) is 0 Å². The van der Waals surface area contributed by atoms with Crippen LogP contribution in [0.4, 0.5) is 11.4 Å². The number of carboxylic acids is 1. The Bertz CT molecular complexity index is 1400. The molecule has 0 aliphatic carbocycles. The standard InChI is InChI=1S/C28H24N2O5S/c1-17-13-14-22(15-18(17)2)30-26(32)23(25(31)29(28(30)36)21-10-5-4-6-11-21)16-20-9-7-8-12-24(20)35-19(3)27(33)34/h4-16,19H,1-3H3,(H,33,34)/b23-16-/t19-/m1/s1. The first-order valence-corrected chi connectivity index (χ1v) is 11.6. The fraction of sp³-hybridized carbons (Fsp3) is 0.143. The van der Waals surface area contributed by atoms with Crippen molar-refractivity contribution in [1.82, 2.24) is 0 Å². The highest BCUT2D eigenvalue weighted by Crippen LogP contribution is 2.32. The number of hydrogen-bond donors (Lipinski definition) is 1. The molecule has 1 atom stereocenters. The van der Waals surface area contributed by atoms with Crippen molar-refractivity contribution in [2.75, 3.05) is 9.80 Å². The van der Waals surface area contributed by atoms with Crippen LogP contribution in [0.25, 0.3) is 6.08 Å². The summed E-state index contributed by atoms with van der Waals surface area (Å²) in [7, 11) is 0. The SMILES string of the molecule is Cc1ccc(N2C(=O)/C(=C\c3ccccc3O[C@H](C)C(=O)O)C(=O)N(c3ccccc3)C2=S)cc1C. The van der Waals surface area contributed by atoms with Crippen LogP contribution in [0.15, 0.2) is 78.4 Å². The maximum absolute atomic E-state index is 13.8. The molecule has 1 fully saturated rings. The summed E-state index contributed by atoms with van der Waals surface area (Å²) in [6.07, 6.45) is 0.295. The molecule has 4 rings (SSSR count). The van der Waals surface area contributed by atoms with Crippen molar-refractivity contribution in [2.45, 2.75) is 26.9 Å². The molecule has 7 nitrogen and oxygen atoms in total. The number of thiocarbonyl (C=S) groups is 1. The number of rotatable bonds is 6. The highest BCUT2D eigenvalue weighted by Gasteiger charge is 2.41. The largest absolute Gasteiger partial charge is 0.479 e. The first kappa shape index (κ1) is 24.8. The van der Waals surface area contributed by atoms with Gasteiger partial charge in [-0.2, -0.15) is 0 Å². The van der Waals surface area contributed by atoms with Gasteiger partial charge in [0.15, 0.2) is 11.2 Å². The number of hydrogen-bond acceptors (Lipinski definition) is 5. The summed E-state index contributed by atoms with van der Waals surface area (Å²) in [5.74, 6) is -2.07. The van der Waals surface area contributed by atoms with Crippen LogP contribution in [-0.4, -0.2) is 34.1 Å². The van der Waals surface area contributed by atoms with Crippen LogP contribution >= 0.6 is 12.2 Å². The van der Waals surface area contributed by atoms with E-state index in [-0.39, 0.29) is 16.4 Å². The van der Waals surface area contributed by atoms with E-state index in [1.807, 2.05) is 32.0 Å². The average molecular weight is 501 g/mol. The molecule has 1 saturated heterocycles. The van der Waals surface area contributed by atoms with E-state index in [0.717, 1.165) is 11.1 Å². The Balaban J connectivity index is 1.86. The second-order valence-corrected chi connectivity index (χ2v) is 8.73. The fourth-order valence-electron chi connectivity index (χ4n) is 3.73. The summed E-state index contributed by atoms with van der Waals surface area (Å²) in [6.45, 7) is 5.31. The Labute approximate surface area is 214 Å². The third-order valence-electron chi connectivity index (χ3n) is 5.88. The van der Waals surface area contributed by atoms with E-state index in [2.05, 4.69) is 0 Å². The molecule has 0 radical (unpaired) electrons. The first-order valence-electron chi connectivity index (χ1n) is 11.2. The van der Waals surface area contributed by atoms with Crippen LogP contribution in [0, 0.1) is 13.8 Å². The molecule has 2 amide bonds. The molecule has 36 heavy (non-hydrogen) atoms. The molecular formula is C28H24N2O5S. The zero-order valence-corrected chi connectivity index (χ0v) is 20.8. The van der Waals surface area contributed by atoms with Gasteiger partial charge in [-0.05, 0) is 80.5 Å². The minimum absolute atomic E-state index is 0.0423. The Morgan fingerprint density at radius 1 is 0.889 bits per heavy atom. The number of aliphatic carboxylic acids is 1. The molecule has 3 aromatic rings. The van der Waals surface area contributed by atoms with Crippen LogP contribution in [0.3, 0.4) is 0 Å². The minimum atomic E-state index is -1.14. The Kier molecular flexibility index (Phi) is 6.98. The lowest BCUT2D eigenvalue weighted by molar-refractivity contribution is -0.144. The number of amides is 2. The van der Waals surface area contributed by atoms with Crippen molar-refractivity contribution in [3.05, 3.63) is 95.1 Å². The number of carbonyl (C=O) groups excluding carboxylic acids is 2. The van der Waals surface area contributed by atoms with Crippen LogP contribution < -0.4 is 14.5 Å². The van der Waals surface area contributed by atoms with E-state index < -0.39 is 23.9 Å². The molecule has 0 unspecified atom stereocenters. The number of carboxylic acid groups (broad SMARTS) is 1. The van der Waals surface area contributed by atoms with Gasteiger partial charge in [0.05, 0.1) is 11.4 Å². The van der Waals surface area contributed by atoms with Gasteiger partial charge in [-0.3, -0.25) is 19.4 Å². The number of benzene rings is 3. The lowest BCUT2D eigenvalue weighted by Crippen LogP contribution is -2.57. The van der Waals surface area contributed by atoms with E-state index in [1.165, 1.54) is 22.8 Å². The molecular weight excluding hydrogens is 476 g/mol. The van der Waals surface area contributed by atoms with Crippen LogP contribution in [-0.2, 0) is 14.4 Å². The highest BCUT2D eigenvalue weighted by molar-refractivity contribution is 7.81. The third kappa shape index (κ3) is 4.76. The topological polar surface area (TPSA) is 87.1 Å². The number of carbonyl (C=O) groups is 3. The monoisotopic (exact) mass is 500 g/mol. The molecule has 1 heterocycles. The Morgan fingerprint density at radius 3 is 2.14 bits per heavy atom. The van der Waals surface area contributed by atoms with Crippen LogP contribution in [0.1, 0.15) is 23.6 Å². The summed E-state index contributed by atoms with van der Waals surface area (Å²) in [5, 5.41) is 9.30. The molecule has 1 aliphatic rings. The van der Waals surface area contributed by atoms with E-state index in [9.17, 15) is 19.5 Å². The third-order valence-corrected chi connectivity index (χ3v) is 6.25. The van der Waals surface area contributed by atoms with Crippen molar-refractivity contribution in [3.8, 4) is 5.75 Å². The van der Waals surface area contributed by atoms with Gasteiger partial charge in [0.2, 0.25) is 0 Å². The Hall–Kier alpha value is -4.30. The number of aryl methyl sites for hydroxylation is 2. The molecule has 0 bridgehead atoms. The molecule has 3 aromatic carbocycles. The normalized spacial score (nSPS) is 15.9. The summed E-state index contributed by atoms with van der Waals surface area (Å²) < 4.78 is 5.57. The number of nitrogens with zero attached hydrogens (tertiary/aromatic N) is 2. The number of anilines is 2. The van der Waals surface area contributed by atoms with Crippen LogP contribution in [0.5, 0.6) is 5.75 Å². The average Bonchev–Trinajstić information content (AvgIpc) is 2.85. The summed E-state index contributed by atoms with van der Waals surface area (Å²) in [5.41, 5.74) is 3.34. The molecule has 1 aliphatic heterocycles. The number of ether oxygens (including phenoxy) is 1. The maximum atomic E-state index is 13.8. The highest BCUT2D eigenvalue weighted by atomic mass is 32.1. The zero-order chi connectivity index (χ0) is 26.0. The molecule has 1 N–H and O–H groups in total. The van der Waals surface area contributed by atoms with Gasteiger partial charge >= 0.3 is 5.97 Å². The second kappa shape index (κ2) is 10.1. The van der Waals surface area contributed by atoms with Crippen molar-refractivity contribution in [1.29, 1.82) is 0 Å².